The molecular formula is C28H28ClN3O4S. The van der Waals surface area contributed by atoms with Crippen LogP contribution in [0.5, 0.6) is 0 Å². The average Bonchev–Trinajstić information content (AvgIpc) is 3.02. The maximum absolute atomic E-state index is 13.7. The molecule has 0 spiro atoms. The smallest absolute Gasteiger partial charge is 0.259 e. The molecule has 1 fully saturated rings. The molecule has 2 aliphatic rings. The number of hydrogen-bond acceptors (Lipinski definition) is 5. The lowest BCUT2D eigenvalue weighted by atomic mass is 10.1. The van der Waals surface area contributed by atoms with E-state index in [0.717, 1.165) is 44.8 Å². The second kappa shape index (κ2) is 11.6. The predicted octanol–water partition coefficient (Wildman–Crippen LogP) is 4.12. The molecule has 5 rings (SSSR count). The highest BCUT2D eigenvalue weighted by Gasteiger charge is 2.31. The number of halogens is 1. The number of anilines is 1. The van der Waals surface area contributed by atoms with Gasteiger partial charge in [0.25, 0.3) is 11.8 Å². The molecule has 37 heavy (non-hydrogen) atoms. The van der Waals surface area contributed by atoms with E-state index in [4.69, 9.17) is 16.3 Å². The van der Waals surface area contributed by atoms with Crippen molar-refractivity contribution in [3.8, 4) is 0 Å². The maximum atomic E-state index is 13.7. The lowest BCUT2D eigenvalue weighted by molar-refractivity contribution is 0.0374. The molecule has 2 amide bonds. The van der Waals surface area contributed by atoms with Gasteiger partial charge in [0.2, 0.25) is 0 Å². The molecule has 0 saturated carbocycles. The van der Waals surface area contributed by atoms with Crippen molar-refractivity contribution in [2.45, 2.75) is 22.8 Å². The summed E-state index contributed by atoms with van der Waals surface area (Å²) in [7, 11) is -1.57. The Balaban J connectivity index is 1.40. The molecule has 0 bridgehead atoms. The first-order valence-corrected chi connectivity index (χ1v) is 13.8. The predicted molar refractivity (Wildman–Crippen MR) is 144 cm³/mol. The van der Waals surface area contributed by atoms with Crippen molar-refractivity contribution in [1.29, 1.82) is 0 Å². The number of rotatable bonds is 7. The van der Waals surface area contributed by atoms with E-state index in [1.165, 1.54) is 0 Å². The van der Waals surface area contributed by atoms with Crippen molar-refractivity contribution in [3.05, 3.63) is 88.4 Å². The fraction of sp³-hybridized carbons (Fsp3) is 0.286. The zero-order valence-corrected chi connectivity index (χ0v) is 21.9. The highest BCUT2D eigenvalue weighted by molar-refractivity contribution is 7.85. The van der Waals surface area contributed by atoms with Crippen LogP contribution in [-0.4, -0.2) is 60.3 Å². The molecular weight excluding hydrogens is 510 g/mol. The zero-order valence-electron chi connectivity index (χ0n) is 20.3. The monoisotopic (exact) mass is 537 g/mol. The molecule has 2 aliphatic heterocycles. The average molecular weight is 538 g/mol. The molecule has 1 N–H and O–H groups in total. The van der Waals surface area contributed by atoms with Crippen molar-refractivity contribution < 1.29 is 18.5 Å². The molecule has 9 heteroatoms. The molecule has 3 aromatic rings. The Morgan fingerprint density at radius 3 is 2.54 bits per heavy atom. The first kappa shape index (κ1) is 25.6. The van der Waals surface area contributed by atoms with Gasteiger partial charge >= 0.3 is 0 Å². The maximum Gasteiger partial charge on any atom is 0.259 e. The van der Waals surface area contributed by atoms with Gasteiger partial charge in [0.05, 0.1) is 51.6 Å². The van der Waals surface area contributed by atoms with E-state index in [1.807, 2.05) is 12.1 Å². The quantitative estimate of drug-likeness (QED) is 0.459. The molecule has 0 radical (unpaired) electrons. The first-order chi connectivity index (χ1) is 18.0. The van der Waals surface area contributed by atoms with Crippen LogP contribution in [0.25, 0.3) is 0 Å². The number of benzene rings is 3. The Kier molecular flexibility index (Phi) is 8.00. The third-order valence-electron chi connectivity index (χ3n) is 6.57. The van der Waals surface area contributed by atoms with Gasteiger partial charge in [0, 0.05) is 30.2 Å². The minimum Gasteiger partial charge on any atom is -0.379 e. The summed E-state index contributed by atoms with van der Waals surface area (Å²) in [6.07, 6.45) is 0.831. The molecule has 1 atom stereocenters. The summed E-state index contributed by atoms with van der Waals surface area (Å²) < 4.78 is 18.9. The SMILES string of the molecule is O=C(NCCCN1CCOCC1)c1ccc2c(c1)N(Cc1ccc(Cl)cc1)C(=O)c1ccccc1[S@@]2=O. The fourth-order valence-corrected chi connectivity index (χ4v) is 6.04. The summed E-state index contributed by atoms with van der Waals surface area (Å²) in [5.41, 5.74) is 2.14. The molecule has 3 aromatic carbocycles. The number of hydrogen-bond donors (Lipinski definition) is 1. The minimum absolute atomic E-state index is 0.226. The number of nitrogens with zero attached hydrogens (tertiary/aromatic N) is 2. The standard InChI is InChI=1S/C28H28ClN3O4S/c29-22-9-6-20(7-10-22)19-32-24-18-21(27(33)30-12-3-13-31-14-16-36-17-15-31)8-11-26(24)37(35)25-5-2-1-4-23(25)28(32)34/h1-2,4-11,18H,3,12-17,19H2,(H,30,33)/t37-/m0/s1. The van der Waals surface area contributed by atoms with E-state index in [-0.39, 0.29) is 18.4 Å². The normalized spacial score (nSPS) is 17.6. The van der Waals surface area contributed by atoms with Crippen LogP contribution in [0.3, 0.4) is 0 Å². The fourth-order valence-electron chi connectivity index (χ4n) is 4.57. The van der Waals surface area contributed by atoms with E-state index >= 15 is 0 Å². The van der Waals surface area contributed by atoms with Crippen LogP contribution >= 0.6 is 11.6 Å². The summed E-state index contributed by atoms with van der Waals surface area (Å²) in [5.74, 6) is -0.489. The number of carbonyl (C=O) groups is 2. The first-order valence-electron chi connectivity index (χ1n) is 12.3. The van der Waals surface area contributed by atoms with Gasteiger partial charge in [0.1, 0.15) is 0 Å². The van der Waals surface area contributed by atoms with Crippen molar-refractivity contribution in [2.75, 3.05) is 44.3 Å². The van der Waals surface area contributed by atoms with Gasteiger partial charge in [-0.1, -0.05) is 35.9 Å². The van der Waals surface area contributed by atoms with Crippen molar-refractivity contribution >= 4 is 39.9 Å². The Hall–Kier alpha value is -3.04. The highest BCUT2D eigenvalue weighted by atomic mass is 35.5. The number of amides is 2. The topological polar surface area (TPSA) is 79.0 Å². The van der Waals surface area contributed by atoms with E-state index in [1.54, 1.807) is 59.5 Å². The van der Waals surface area contributed by atoms with Gasteiger partial charge in [-0.25, -0.2) is 4.21 Å². The van der Waals surface area contributed by atoms with Gasteiger partial charge in [0.15, 0.2) is 0 Å². The highest BCUT2D eigenvalue weighted by Crippen LogP contribution is 2.36. The van der Waals surface area contributed by atoms with Crippen LogP contribution in [0.4, 0.5) is 5.69 Å². The Morgan fingerprint density at radius 1 is 1.00 bits per heavy atom. The van der Waals surface area contributed by atoms with Crippen molar-refractivity contribution in [1.82, 2.24) is 10.2 Å². The second-order valence-corrected chi connectivity index (χ2v) is 10.9. The van der Waals surface area contributed by atoms with Crippen LogP contribution in [0, 0.1) is 0 Å². The van der Waals surface area contributed by atoms with E-state index in [2.05, 4.69) is 10.2 Å². The molecule has 192 valence electrons. The van der Waals surface area contributed by atoms with Crippen molar-refractivity contribution in [3.63, 3.8) is 0 Å². The molecule has 0 unspecified atom stereocenters. The Morgan fingerprint density at radius 2 is 1.76 bits per heavy atom. The van der Waals surface area contributed by atoms with Crippen LogP contribution in [0.1, 0.15) is 32.7 Å². The van der Waals surface area contributed by atoms with Crippen LogP contribution < -0.4 is 10.2 Å². The van der Waals surface area contributed by atoms with Crippen LogP contribution in [0.15, 0.2) is 76.5 Å². The number of nitrogens with one attached hydrogen (secondary N) is 1. The lowest BCUT2D eigenvalue weighted by Crippen LogP contribution is -2.38. The van der Waals surface area contributed by atoms with Crippen LogP contribution in [-0.2, 0) is 22.1 Å². The number of carbonyl (C=O) groups excluding carboxylic acids is 2. The summed E-state index contributed by atoms with van der Waals surface area (Å²) in [4.78, 5) is 31.6. The third kappa shape index (κ3) is 5.78. The van der Waals surface area contributed by atoms with Gasteiger partial charge < -0.3 is 15.0 Å². The minimum atomic E-state index is -1.57. The van der Waals surface area contributed by atoms with Gasteiger partial charge in [-0.3, -0.25) is 14.5 Å². The number of ether oxygens (including phenoxy) is 1. The zero-order chi connectivity index (χ0) is 25.8. The summed E-state index contributed by atoms with van der Waals surface area (Å²) in [6.45, 7) is 5.01. The molecule has 2 heterocycles. The summed E-state index contributed by atoms with van der Waals surface area (Å²) >= 11 is 6.05. The van der Waals surface area contributed by atoms with Gasteiger partial charge in [-0.05, 0) is 61.0 Å². The number of morpholine rings is 1. The van der Waals surface area contributed by atoms with Crippen LogP contribution in [0.2, 0.25) is 5.02 Å². The second-order valence-electron chi connectivity index (χ2n) is 9.03. The molecule has 1 saturated heterocycles. The van der Waals surface area contributed by atoms with Gasteiger partial charge in [-0.2, -0.15) is 0 Å². The summed E-state index contributed by atoms with van der Waals surface area (Å²) in [5, 5.41) is 3.58. The van der Waals surface area contributed by atoms with E-state index in [9.17, 15) is 13.8 Å². The molecule has 7 nitrogen and oxygen atoms in total. The Labute approximate surface area is 223 Å². The van der Waals surface area contributed by atoms with Gasteiger partial charge in [-0.15, -0.1) is 0 Å². The number of fused-ring (bicyclic) bond motifs is 2. The molecule has 0 aromatic heterocycles. The van der Waals surface area contributed by atoms with E-state index < -0.39 is 10.8 Å². The van der Waals surface area contributed by atoms with E-state index in [0.29, 0.717) is 38.2 Å². The largest absolute Gasteiger partial charge is 0.379 e. The summed E-state index contributed by atoms with van der Waals surface area (Å²) in [6, 6.07) is 19.2. The lowest BCUT2D eigenvalue weighted by Gasteiger charge is -2.26. The Bertz CT molecular complexity index is 1330. The third-order valence-corrected chi connectivity index (χ3v) is 8.32. The van der Waals surface area contributed by atoms with Crippen molar-refractivity contribution in [2.24, 2.45) is 0 Å². The molecule has 0 aliphatic carbocycles.